The average Bonchev–Trinajstić information content (AvgIpc) is 2.19. The normalized spacial score (nSPS) is 28.3. The minimum Gasteiger partial charge on any atom is -0.396 e. The Morgan fingerprint density at radius 1 is 1.38 bits per heavy atom. The summed E-state index contributed by atoms with van der Waals surface area (Å²) >= 11 is 0. The fourth-order valence-electron chi connectivity index (χ4n) is 2.02. The molecule has 0 aromatic heterocycles. The van der Waals surface area contributed by atoms with E-state index in [-0.39, 0.29) is 0 Å². The molecule has 2 nitrogen and oxygen atoms in total. The maximum absolute atomic E-state index is 9.14. The third kappa shape index (κ3) is 3.38. The number of nitrogens with one attached hydrogen (secondary N) is 1. The van der Waals surface area contributed by atoms with E-state index in [0.717, 1.165) is 19.4 Å². The van der Waals surface area contributed by atoms with Crippen LogP contribution in [-0.2, 0) is 0 Å². The van der Waals surface area contributed by atoms with Crippen LogP contribution >= 0.6 is 0 Å². The molecular weight excluding hydrogens is 162 g/mol. The van der Waals surface area contributed by atoms with Gasteiger partial charge in [0.1, 0.15) is 0 Å². The molecule has 1 rings (SSSR count). The van der Waals surface area contributed by atoms with Gasteiger partial charge in [-0.25, -0.2) is 0 Å². The van der Waals surface area contributed by atoms with E-state index in [2.05, 4.69) is 11.2 Å². The molecule has 0 saturated heterocycles. The van der Waals surface area contributed by atoms with Gasteiger partial charge in [0.25, 0.3) is 0 Å². The molecule has 2 heteroatoms. The molecule has 0 radical (unpaired) electrons. The van der Waals surface area contributed by atoms with Crippen molar-refractivity contribution in [2.24, 2.45) is 5.92 Å². The van der Waals surface area contributed by atoms with Crippen LogP contribution in [0.15, 0.2) is 0 Å². The molecule has 0 spiro atoms. The highest BCUT2D eigenvalue weighted by atomic mass is 16.3. The van der Waals surface area contributed by atoms with Gasteiger partial charge in [-0.3, -0.25) is 0 Å². The van der Waals surface area contributed by atoms with E-state index < -0.39 is 0 Å². The molecule has 2 unspecified atom stereocenters. The van der Waals surface area contributed by atoms with E-state index in [0.29, 0.717) is 18.6 Å². The first-order valence-electron chi connectivity index (χ1n) is 5.16. The number of hydrogen-bond donors (Lipinski definition) is 2. The zero-order chi connectivity index (χ0) is 9.52. The lowest BCUT2D eigenvalue weighted by Gasteiger charge is -2.30. The van der Waals surface area contributed by atoms with Gasteiger partial charge in [-0.1, -0.05) is 12.8 Å². The quantitative estimate of drug-likeness (QED) is 0.504. The van der Waals surface area contributed by atoms with E-state index in [1.165, 1.54) is 19.3 Å². The van der Waals surface area contributed by atoms with E-state index in [9.17, 15) is 0 Å². The van der Waals surface area contributed by atoms with Gasteiger partial charge in [0.15, 0.2) is 0 Å². The van der Waals surface area contributed by atoms with Crippen molar-refractivity contribution in [2.45, 2.75) is 38.1 Å². The Balaban J connectivity index is 2.24. The summed E-state index contributed by atoms with van der Waals surface area (Å²) in [4.78, 5) is 0. The fourth-order valence-corrected chi connectivity index (χ4v) is 2.02. The number of rotatable bonds is 4. The van der Waals surface area contributed by atoms with Crippen molar-refractivity contribution < 1.29 is 5.11 Å². The highest BCUT2D eigenvalue weighted by molar-refractivity contribution is 4.86. The van der Waals surface area contributed by atoms with E-state index in [1.54, 1.807) is 0 Å². The predicted molar refractivity (Wildman–Crippen MR) is 54.3 cm³/mol. The van der Waals surface area contributed by atoms with Gasteiger partial charge < -0.3 is 10.4 Å². The maximum atomic E-state index is 9.14. The van der Waals surface area contributed by atoms with Gasteiger partial charge in [0.05, 0.1) is 0 Å². The second-order valence-electron chi connectivity index (χ2n) is 3.74. The van der Waals surface area contributed by atoms with Crippen LogP contribution in [0.25, 0.3) is 0 Å². The number of aliphatic hydroxyl groups is 1. The summed E-state index contributed by atoms with van der Waals surface area (Å²) in [6.45, 7) is 1.20. The van der Waals surface area contributed by atoms with Gasteiger partial charge in [0, 0.05) is 25.6 Å². The molecule has 0 aromatic carbocycles. The Kier molecular flexibility index (Phi) is 4.88. The van der Waals surface area contributed by atoms with Crippen LogP contribution in [0.2, 0.25) is 0 Å². The second-order valence-corrected chi connectivity index (χ2v) is 3.74. The average molecular weight is 181 g/mol. The molecule has 1 fully saturated rings. The van der Waals surface area contributed by atoms with Crippen LogP contribution in [0.1, 0.15) is 32.1 Å². The second kappa shape index (κ2) is 6.01. The molecule has 0 heterocycles. The zero-order valence-corrected chi connectivity index (χ0v) is 8.13. The number of hydrogen-bond acceptors (Lipinski definition) is 2. The van der Waals surface area contributed by atoms with Crippen molar-refractivity contribution in [3.63, 3.8) is 0 Å². The zero-order valence-electron chi connectivity index (χ0n) is 8.13. The largest absolute Gasteiger partial charge is 0.396 e. The molecule has 74 valence electrons. The van der Waals surface area contributed by atoms with Gasteiger partial charge >= 0.3 is 0 Å². The van der Waals surface area contributed by atoms with Crippen LogP contribution in [-0.4, -0.2) is 24.3 Å². The molecule has 2 N–H and O–H groups in total. The Bertz CT molecular complexity index is 173. The summed E-state index contributed by atoms with van der Waals surface area (Å²) in [5.74, 6) is 3.07. The Morgan fingerprint density at radius 2 is 2.15 bits per heavy atom. The van der Waals surface area contributed by atoms with Crippen molar-refractivity contribution >= 4 is 0 Å². The van der Waals surface area contributed by atoms with Crippen LogP contribution in [0.5, 0.6) is 0 Å². The third-order valence-electron chi connectivity index (χ3n) is 2.82. The first-order valence-corrected chi connectivity index (χ1v) is 5.16. The van der Waals surface area contributed by atoms with Gasteiger partial charge in [0.2, 0.25) is 0 Å². The standard InChI is InChI=1S/C11H19NO/c1-2-3-8-12-11-7-5-4-6-10(11)9-13/h1,10-13H,3-9H2. The highest BCUT2D eigenvalue weighted by Gasteiger charge is 2.23. The summed E-state index contributed by atoms with van der Waals surface area (Å²) in [6.07, 6.45) is 10.8. The summed E-state index contributed by atoms with van der Waals surface area (Å²) in [6, 6.07) is 0.493. The Hall–Kier alpha value is -0.520. The summed E-state index contributed by atoms with van der Waals surface area (Å²) in [5, 5.41) is 12.6. The van der Waals surface area contributed by atoms with Gasteiger partial charge in [-0.2, -0.15) is 0 Å². The molecular formula is C11H19NO. The van der Waals surface area contributed by atoms with Gasteiger partial charge in [-0.05, 0) is 18.8 Å². The highest BCUT2D eigenvalue weighted by Crippen LogP contribution is 2.23. The van der Waals surface area contributed by atoms with E-state index >= 15 is 0 Å². The lowest BCUT2D eigenvalue weighted by atomic mass is 9.85. The first kappa shape index (κ1) is 10.6. The first-order chi connectivity index (χ1) is 6.38. The lowest BCUT2D eigenvalue weighted by molar-refractivity contribution is 0.154. The molecule has 0 aromatic rings. The van der Waals surface area contributed by atoms with E-state index in [1.807, 2.05) is 0 Å². The van der Waals surface area contributed by atoms with Crippen molar-refractivity contribution in [3.8, 4) is 12.3 Å². The Morgan fingerprint density at radius 3 is 2.85 bits per heavy atom. The van der Waals surface area contributed by atoms with Gasteiger partial charge in [-0.15, -0.1) is 12.3 Å². The summed E-state index contributed by atoms with van der Waals surface area (Å²) in [7, 11) is 0. The number of aliphatic hydroxyl groups excluding tert-OH is 1. The molecule has 2 atom stereocenters. The lowest BCUT2D eigenvalue weighted by Crippen LogP contribution is -2.40. The SMILES string of the molecule is C#CCCNC1CCCCC1CO. The van der Waals surface area contributed by atoms with Crippen molar-refractivity contribution in [3.05, 3.63) is 0 Å². The predicted octanol–water partition coefficient (Wildman–Crippen LogP) is 1.15. The van der Waals surface area contributed by atoms with Crippen molar-refractivity contribution in [1.82, 2.24) is 5.32 Å². The number of terminal acetylenes is 1. The summed E-state index contributed by atoms with van der Waals surface area (Å²) in [5.41, 5.74) is 0. The van der Waals surface area contributed by atoms with Crippen LogP contribution < -0.4 is 5.32 Å². The van der Waals surface area contributed by atoms with E-state index in [4.69, 9.17) is 11.5 Å². The summed E-state index contributed by atoms with van der Waals surface area (Å²) < 4.78 is 0. The molecule has 1 aliphatic carbocycles. The van der Waals surface area contributed by atoms with Crippen LogP contribution in [0, 0.1) is 18.3 Å². The molecule has 13 heavy (non-hydrogen) atoms. The fraction of sp³-hybridized carbons (Fsp3) is 0.818. The maximum Gasteiger partial charge on any atom is 0.0474 e. The molecule has 1 aliphatic rings. The minimum absolute atomic E-state index is 0.313. The smallest absolute Gasteiger partial charge is 0.0474 e. The van der Waals surface area contributed by atoms with Crippen molar-refractivity contribution in [2.75, 3.05) is 13.2 Å². The topological polar surface area (TPSA) is 32.3 Å². The Labute approximate surface area is 80.7 Å². The molecule has 0 aliphatic heterocycles. The third-order valence-corrected chi connectivity index (χ3v) is 2.82. The van der Waals surface area contributed by atoms with Crippen molar-refractivity contribution in [1.29, 1.82) is 0 Å². The minimum atomic E-state index is 0.313. The van der Waals surface area contributed by atoms with Crippen LogP contribution in [0.4, 0.5) is 0 Å². The molecule has 0 bridgehead atoms. The monoisotopic (exact) mass is 181 g/mol. The van der Waals surface area contributed by atoms with Crippen LogP contribution in [0.3, 0.4) is 0 Å². The molecule has 1 saturated carbocycles. The molecule has 0 amide bonds.